The van der Waals surface area contributed by atoms with Crippen molar-refractivity contribution in [2.45, 2.75) is 75.9 Å². The standard InChI is InChI=1S/C24H31NO2Se/c1-24-12-11-20-19-8-6-18(27-13-3-2-4-14-28-16-25)15-17(19)5-7-21(20)22(24)9-10-23(24)26/h6,8,15,20-22H,2-5,7,9-14H2,1H3/t20-,21-,22+,24+/m1/s1. The summed E-state index contributed by atoms with van der Waals surface area (Å²) in [6.07, 6.45) is 9.88. The molecule has 0 saturated heterocycles. The summed E-state index contributed by atoms with van der Waals surface area (Å²) >= 11 is 0.166. The molecule has 2 fully saturated rings. The van der Waals surface area contributed by atoms with E-state index < -0.39 is 0 Å². The van der Waals surface area contributed by atoms with E-state index in [1.807, 2.05) is 0 Å². The van der Waals surface area contributed by atoms with Crippen molar-refractivity contribution in [3.05, 3.63) is 29.3 Å². The van der Waals surface area contributed by atoms with Crippen LogP contribution in [-0.2, 0) is 11.2 Å². The Morgan fingerprint density at radius 3 is 2.96 bits per heavy atom. The van der Waals surface area contributed by atoms with Gasteiger partial charge in [0.25, 0.3) is 0 Å². The average molecular weight is 444 g/mol. The number of rotatable bonds is 7. The number of carbonyl (C=O) groups excluding carboxylic acids is 1. The van der Waals surface area contributed by atoms with Gasteiger partial charge in [-0.1, -0.05) is 6.92 Å². The molecule has 2 saturated carbocycles. The summed E-state index contributed by atoms with van der Waals surface area (Å²) < 4.78 is 6.01. The summed E-state index contributed by atoms with van der Waals surface area (Å²) in [7, 11) is 0. The van der Waals surface area contributed by atoms with Crippen molar-refractivity contribution < 1.29 is 9.53 Å². The van der Waals surface area contributed by atoms with Gasteiger partial charge in [-0.3, -0.25) is 4.79 Å². The van der Waals surface area contributed by atoms with E-state index in [1.165, 1.54) is 24.0 Å². The third-order valence-corrected chi connectivity index (χ3v) is 8.94. The number of ketones is 1. The van der Waals surface area contributed by atoms with Gasteiger partial charge in [-0.05, 0) is 18.8 Å². The van der Waals surface area contributed by atoms with E-state index in [1.54, 1.807) is 0 Å². The molecule has 0 aromatic heterocycles. The van der Waals surface area contributed by atoms with Gasteiger partial charge in [0.15, 0.2) is 0 Å². The van der Waals surface area contributed by atoms with Crippen LogP contribution in [0.1, 0.15) is 75.3 Å². The number of Topliss-reactive ketones (excluding diaryl/α,β-unsaturated/α-hetero) is 1. The van der Waals surface area contributed by atoms with Crippen LogP contribution in [-0.4, -0.2) is 27.3 Å². The molecule has 0 amide bonds. The predicted molar refractivity (Wildman–Crippen MR) is 112 cm³/mol. The first-order valence-electron chi connectivity index (χ1n) is 10.9. The molecule has 3 aliphatic rings. The second-order valence-electron chi connectivity index (χ2n) is 9.04. The number of benzene rings is 1. The molecule has 0 heterocycles. The van der Waals surface area contributed by atoms with Crippen molar-refractivity contribution >= 4 is 20.7 Å². The predicted octanol–water partition coefficient (Wildman–Crippen LogP) is 5.26. The molecular weight excluding hydrogens is 413 g/mol. The zero-order valence-electron chi connectivity index (χ0n) is 16.9. The van der Waals surface area contributed by atoms with Crippen LogP contribution in [0.25, 0.3) is 0 Å². The number of fused-ring (bicyclic) bond motifs is 5. The molecule has 4 rings (SSSR count). The summed E-state index contributed by atoms with van der Waals surface area (Å²) in [6, 6.07) is 6.75. The minimum absolute atomic E-state index is 0.0317. The molecule has 3 aliphatic carbocycles. The number of ether oxygens (including phenoxy) is 1. The van der Waals surface area contributed by atoms with E-state index in [0.29, 0.717) is 23.5 Å². The number of unbranched alkanes of at least 4 members (excludes halogenated alkanes) is 2. The molecule has 0 N–H and O–H groups in total. The maximum atomic E-state index is 12.5. The van der Waals surface area contributed by atoms with E-state index in [9.17, 15) is 4.79 Å². The van der Waals surface area contributed by atoms with Crippen LogP contribution in [0.3, 0.4) is 0 Å². The minimum atomic E-state index is -0.0317. The second-order valence-corrected chi connectivity index (χ2v) is 10.9. The number of hydrogen-bond donors (Lipinski definition) is 0. The van der Waals surface area contributed by atoms with E-state index in [0.717, 1.165) is 62.6 Å². The number of aryl methyl sites for hydroxylation is 1. The Hall–Kier alpha value is -1.30. The van der Waals surface area contributed by atoms with Gasteiger partial charge in [-0.2, -0.15) is 0 Å². The zero-order chi connectivity index (χ0) is 19.6. The van der Waals surface area contributed by atoms with E-state index in [2.05, 4.69) is 30.1 Å². The fourth-order valence-corrected chi connectivity index (χ4v) is 7.03. The van der Waals surface area contributed by atoms with E-state index in [-0.39, 0.29) is 20.4 Å². The van der Waals surface area contributed by atoms with Gasteiger partial charge < -0.3 is 0 Å². The second kappa shape index (κ2) is 8.60. The number of hydrogen-bond acceptors (Lipinski definition) is 3. The molecule has 1 aromatic rings. The first kappa shape index (κ1) is 20.0. The van der Waals surface area contributed by atoms with Crippen molar-refractivity contribution in [2.24, 2.45) is 17.3 Å². The molecular formula is C24H31NO2Se. The van der Waals surface area contributed by atoms with Gasteiger partial charge in [0.2, 0.25) is 0 Å². The molecule has 0 aliphatic heterocycles. The molecule has 0 radical (unpaired) electrons. The van der Waals surface area contributed by atoms with Crippen molar-refractivity contribution in [2.75, 3.05) is 6.61 Å². The van der Waals surface area contributed by atoms with Crippen LogP contribution in [0.2, 0.25) is 5.32 Å². The van der Waals surface area contributed by atoms with Crippen molar-refractivity contribution in [3.63, 3.8) is 0 Å². The Bertz CT molecular complexity index is 770. The van der Waals surface area contributed by atoms with Crippen LogP contribution in [0, 0.1) is 27.5 Å². The van der Waals surface area contributed by atoms with Gasteiger partial charge in [-0.25, -0.2) is 0 Å². The van der Waals surface area contributed by atoms with Crippen LogP contribution in [0.15, 0.2) is 18.2 Å². The molecule has 150 valence electrons. The molecule has 4 atom stereocenters. The Labute approximate surface area is 175 Å². The van der Waals surface area contributed by atoms with Gasteiger partial charge in [0, 0.05) is 11.8 Å². The average Bonchev–Trinajstić information content (AvgIpc) is 3.02. The molecule has 3 nitrogen and oxygen atoms in total. The fourth-order valence-electron chi connectivity index (χ4n) is 6.11. The van der Waals surface area contributed by atoms with Crippen molar-refractivity contribution in [3.8, 4) is 10.7 Å². The number of nitriles is 1. The van der Waals surface area contributed by atoms with Gasteiger partial charge in [0.1, 0.15) is 5.78 Å². The monoisotopic (exact) mass is 445 g/mol. The summed E-state index contributed by atoms with van der Waals surface area (Å²) in [6.45, 7) is 3.02. The third kappa shape index (κ3) is 3.77. The number of nitrogens with zero attached hydrogens (tertiary/aromatic N) is 1. The topological polar surface area (TPSA) is 50.1 Å². The Morgan fingerprint density at radius 1 is 1.21 bits per heavy atom. The molecule has 0 bridgehead atoms. The van der Waals surface area contributed by atoms with Crippen molar-refractivity contribution in [1.82, 2.24) is 0 Å². The smallest absolute Gasteiger partial charge is 0.299 e. The Morgan fingerprint density at radius 2 is 2.11 bits per heavy atom. The van der Waals surface area contributed by atoms with E-state index in [4.69, 9.17) is 10.00 Å². The summed E-state index contributed by atoms with van der Waals surface area (Å²) in [5.74, 6) is 3.47. The van der Waals surface area contributed by atoms with Gasteiger partial charge in [-0.15, -0.1) is 0 Å². The normalized spacial score (nSPS) is 30.9. The van der Waals surface area contributed by atoms with Crippen LogP contribution in [0.4, 0.5) is 0 Å². The summed E-state index contributed by atoms with van der Waals surface area (Å²) in [5, 5.41) is 9.66. The molecule has 0 spiro atoms. The number of carbonyl (C=O) groups is 1. The molecule has 1 aromatic carbocycles. The van der Waals surface area contributed by atoms with Crippen molar-refractivity contribution in [1.29, 1.82) is 5.26 Å². The SMILES string of the molecule is C[C@]12CC[C@@H]3c4ccc(OCCCCC[Se]C#N)cc4CC[C@H]3[C@@H]1CCC2=O. The third-order valence-electron chi connectivity index (χ3n) is 7.63. The summed E-state index contributed by atoms with van der Waals surface area (Å²) in [5.41, 5.74) is 2.97. The quantitative estimate of drug-likeness (QED) is 0.426. The minimum Gasteiger partial charge on any atom is -0.299 e. The van der Waals surface area contributed by atoms with Gasteiger partial charge in [0.05, 0.1) is 0 Å². The van der Waals surface area contributed by atoms with Gasteiger partial charge >= 0.3 is 127 Å². The zero-order valence-corrected chi connectivity index (χ0v) is 18.6. The summed E-state index contributed by atoms with van der Waals surface area (Å²) in [4.78, 5) is 14.7. The van der Waals surface area contributed by atoms with Crippen LogP contribution in [0.5, 0.6) is 5.75 Å². The first-order chi connectivity index (χ1) is 13.6. The van der Waals surface area contributed by atoms with Crippen LogP contribution >= 0.6 is 0 Å². The maximum absolute atomic E-state index is 12.5. The van der Waals surface area contributed by atoms with Crippen LogP contribution < -0.4 is 4.74 Å². The molecule has 28 heavy (non-hydrogen) atoms. The molecule has 4 heteroatoms. The Kier molecular flexibility index (Phi) is 6.14. The first-order valence-corrected chi connectivity index (χ1v) is 13.0. The fraction of sp³-hybridized carbons (Fsp3) is 0.667. The molecule has 0 unspecified atom stereocenters. The van der Waals surface area contributed by atoms with E-state index >= 15 is 0 Å². The Balaban J connectivity index is 1.36.